The summed E-state index contributed by atoms with van der Waals surface area (Å²) in [5, 5.41) is 4.06. The number of hydrogen-bond acceptors (Lipinski definition) is 6. The molecule has 0 atom stereocenters. The number of nitrogens with zero attached hydrogens (tertiary/aromatic N) is 5. The van der Waals surface area contributed by atoms with E-state index in [4.69, 9.17) is 10.5 Å². The summed E-state index contributed by atoms with van der Waals surface area (Å²) in [5.74, 6) is 0.499. The van der Waals surface area contributed by atoms with Crippen LogP contribution in [0.5, 0.6) is 6.01 Å². The Hall–Kier alpha value is -2.18. The molecule has 2 N–H and O–H groups in total. The molecule has 2 aromatic rings. The van der Waals surface area contributed by atoms with Crippen LogP contribution in [0.4, 0.5) is 5.95 Å². The first-order valence-corrected chi connectivity index (χ1v) is 7.44. The highest BCUT2D eigenvalue weighted by molar-refractivity contribution is 5.24. The van der Waals surface area contributed by atoms with Crippen molar-refractivity contribution in [2.45, 2.75) is 45.4 Å². The molecule has 0 unspecified atom stereocenters. The molecule has 2 heterocycles. The third-order valence-corrected chi connectivity index (χ3v) is 3.06. The van der Waals surface area contributed by atoms with Gasteiger partial charge in [0, 0.05) is 12.4 Å². The molecule has 2 aromatic heterocycles. The quantitative estimate of drug-likeness (QED) is 0.713. The average molecular weight is 290 g/mol. The van der Waals surface area contributed by atoms with E-state index in [0.717, 1.165) is 12.8 Å². The summed E-state index contributed by atoms with van der Waals surface area (Å²) in [6.45, 7) is 2.81. The SMILES string of the molecule is CCCCCCCCOc1nc(N)nc(-n2cccn2)n1. The fourth-order valence-electron chi connectivity index (χ4n) is 1.96. The molecular weight excluding hydrogens is 268 g/mol. The van der Waals surface area contributed by atoms with Gasteiger partial charge in [0.25, 0.3) is 5.95 Å². The van der Waals surface area contributed by atoms with Crippen molar-refractivity contribution in [2.24, 2.45) is 0 Å². The Balaban J connectivity index is 1.81. The van der Waals surface area contributed by atoms with Crippen LogP contribution in [-0.4, -0.2) is 31.3 Å². The molecule has 0 fully saturated rings. The molecule has 0 bridgehead atoms. The lowest BCUT2D eigenvalue weighted by atomic mass is 10.1. The second-order valence-electron chi connectivity index (χ2n) is 4.84. The summed E-state index contributed by atoms with van der Waals surface area (Å²) in [4.78, 5) is 12.2. The maximum absolute atomic E-state index is 5.67. The Morgan fingerprint density at radius 3 is 2.67 bits per heavy atom. The molecule has 0 saturated carbocycles. The second-order valence-corrected chi connectivity index (χ2v) is 4.84. The van der Waals surface area contributed by atoms with E-state index in [1.165, 1.54) is 30.4 Å². The predicted molar refractivity (Wildman–Crippen MR) is 80.2 cm³/mol. The number of ether oxygens (including phenoxy) is 1. The third kappa shape index (κ3) is 5.02. The van der Waals surface area contributed by atoms with Crippen LogP contribution in [-0.2, 0) is 0 Å². The number of aromatic nitrogens is 5. The van der Waals surface area contributed by atoms with Gasteiger partial charge in [0.05, 0.1) is 6.61 Å². The molecule has 7 heteroatoms. The Labute approximate surface area is 124 Å². The lowest BCUT2D eigenvalue weighted by molar-refractivity contribution is 0.280. The van der Waals surface area contributed by atoms with Crippen LogP contribution in [0.3, 0.4) is 0 Å². The highest BCUT2D eigenvalue weighted by Crippen LogP contribution is 2.10. The van der Waals surface area contributed by atoms with E-state index in [9.17, 15) is 0 Å². The summed E-state index contributed by atoms with van der Waals surface area (Å²) < 4.78 is 7.07. The van der Waals surface area contributed by atoms with Crippen LogP contribution in [0.25, 0.3) is 5.95 Å². The first-order chi connectivity index (χ1) is 10.3. The molecule has 7 nitrogen and oxygen atoms in total. The van der Waals surface area contributed by atoms with Crippen LogP contribution >= 0.6 is 0 Å². The van der Waals surface area contributed by atoms with Gasteiger partial charge in [-0.3, -0.25) is 0 Å². The lowest BCUT2D eigenvalue weighted by Crippen LogP contribution is -2.10. The normalized spacial score (nSPS) is 10.7. The monoisotopic (exact) mass is 290 g/mol. The van der Waals surface area contributed by atoms with Gasteiger partial charge in [-0.15, -0.1) is 0 Å². The molecule has 2 rings (SSSR count). The Morgan fingerprint density at radius 1 is 1.10 bits per heavy atom. The zero-order chi connectivity index (χ0) is 14.9. The molecule has 0 aliphatic rings. The van der Waals surface area contributed by atoms with E-state index in [1.807, 2.05) is 0 Å². The van der Waals surface area contributed by atoms with E-state index in [1.54, 1.807) is 18.5 Å². The molecule has 0 aliphatic heterocycles. The van der Waals surface area contributed by atoms with Crippen LogP contribution in [0.2, 0.25) is 0 Å². The third-order valence-electron chi connectivity index (χ3n) is 3.06. The molecular formula is C14H22N6O. The van der Waals surface area contributed by atoms with Gasteiger partial charge in [0.1, 0.15) is 0 Å². The van der Waals surface area contributed by atoms with Gasteiger partial charge in [0.2, 0.25) is 5.95 Å². The minimum Gasteiger partial charge on any atom is -0.463 e. The molecule has 0 aliphatic carbocycles. The van der Waals surface area contributed by atoms with Gasteiger partial charge < -0.3 is 10.5 Å². The highest BCUT2D eigenvalue weighted by Gasteiger charge is 2.07. The fraction of sp³-hybridized carbons (Fsp3) is 0.571. The van der Waals surface area contributed by atoms with E-state index >= 15 is 0 Å². The van der Waals surface area contributed by atoms with E-state index in [0.29, 0.717) is 12.6 Å². The Kier molecular flexibility index (Phi) is 5.93. The van der Waals surface area contributed by atoms with Gasteiger partial charge in [-0.25, -0.2) is 4.68 Å². The van der Waals surface area contributed by atoms with E-state index in [-0.39, 0.29) is 12.0 Å². The first kappa shape index (κ1) is 15.2. The van der Waals surface area contributed by atoms with Crippen molar-refractivity contribution in [3.8, 4) is 12.0 Å². The molecule has 0 radical (unpaired) electrons. The van der Waals surface area contributed by atoms with Crippen molar-refractivity contribution in [3.63, 3.8) is 0 Å². The summed E-state index contributed by atoms with van der Waals surface area (Å²) in [6, 6.07) is 2.04. The Bertz CT molecular complexity index is 528. The smallest absolute Gasteiger partial charge is 0.323 e. The van der Waals surface area contributed by atoms with Crippen LogP contribution in [0.15, 0.2) is 18.5 Å². The molecule has 0 spiro atoms. The number of nitrogens with two attached hydrogens (primary N) is 1. The highest BCUT2D eigenvalue weighted by atomic mass is 16.5. The molecule has 114 valence electrons. The number of nitrogen functional groups attached to an aromatic ring is 1. The van der Waals surface area contributed by atoms with Gasteiger partial charge in [-0.1, -0.05) is 39.0 Å². The lowest BCUT2D eigenvalue weighted by Gasteiger charge is -2.06. The zero-order valence-electron chi connectivity index (χ0n) is 12.4. The zero-order valence-corrected chi connectivity index (χ0v) is 12.4. The summed E-state index contributed by atoms with van der Waals surface area (Å²) in [5.41, 5.74) is 5.67. The topological polar surface area (TPSA) is 91.7 Å². The average Bonchev–Trinajstić information content (AvgIpc) is 3.00. The number of hydrogen-bond donors (Lipinski definition) is 1. The minimum absolute atomic E-state index is 0.133. The summed E-state index contributed by atoms with van der Waals surface area (Å²) >= 11 is 0. The van der Waals surface area contributed by atoms with Crippen molar-refractivity contribution in [1.29, 1.82) is 0 Å². The number of rotatable bonds is 9. The maximum Gasteiger partial charge on any atom is 0.323 e. The second kappa shape index (κ2) is 8.18. The predicted octanol–water partition coefficient (Wildman–Crippen LogP) is 2.38. The molecule has 0 saturated heterocycles. The molecule has 0 amide bonds. The van der Waals surface area contributed by atoms with Crippen molar-refractivity contribution in [2.75, 3.05) is 12.3 Å². The largest absolute Gasteiger partial charge is 0.463 e. The van der Waals surface area contributed by atoms with Crippen LogP contribution in [0.1, 0.15) is 45.4 Å². The number of unbranched alkanes of at least 4 members (excludes halogenated alkanes) is 5. The van der Waals surface area contributed by atoms with Gasteiger partial charge in [0.15, 0.2) is 0 Å². The van der Waals surface area contributed by atoms with Crippen molar-refractivity contribution in [1.82, 2.24) is 24.7 Å². The standard InChI is InChI=1S/C14H22N6O/c1-2-3-4-5-6-7-11-21-14-18-12(15)17-13(19-14)20-10-8-9-16-20/h8-10H,2-7,11H2,1H3,(H2,15,17,18,19). The fourth-order valence-corrected chi connectivity index (χ4v) is 1.96. The van der Waals surface area contributed by atoms with Crippen molar-refractivity contribution in [3.05, 3.63) is 18.5 Å². The van der Waals surface area contributed by atoms with Crippen molar-refractivity contribution >= 4 is 5.95 Å². The van der Waals surface area contributed by atoms with Crippen molar-refractivity contribution < 1.29 is 4.74 Å². The molecule has 0 aromatic carbocycles. The Morgan fingerprint density at radius 2 is 1.90 bits per heavy atom. The summed E-state index contributed by atoms with van der Waals surface area (Å²) in [7, 11) is 0. The van der Waals surface area contributed by atoms with E-state index in [2.05, 4.69) is 27.0 Å². The van der Waals surface area contributed by atoms with Gasteiger partial charge in [-0.05, 0) is 12.5 Å². The van der Waals surface area contributed by atoms with Crippen LogP contribution in [0, 0.1) is 0 Å². The van der Waals surface area contributed by atoms with E-state index < -0.39 is 0 Å². The molecule has 21 heavy (non-hydrogen) atoms. The van der Waals surface area contributed by atoms with Gasteiger partial charge in [-0.2, -0.15) is 20.1 Å². The maximum atomic E-state index is 5.67. The first-order valence-electron chi connectivity index (χ1n) is 7.44. The van der Waals surface area contributed by atoms with Crippen LogP contribution < -0.4 is 10.5 Å². The minimum atomic E-state index is 0.133. The van der Waals surface area contributed by atoms with Gasteiger partial charge >= 0.3 is 6.01 Å². The summed E-state index contributed by atoms with van der Waals surface area (Å²) in [6.07, 6.45) is 10.6. The number of anilines is 1.